The Morgan fingerprint density at radius 2 is 1.81 bits per heavy atom. The third-order valence-electron chi connectivity index (χ3n) is 8.70. The van der Waals surface area contributed by atoms with E-state index in [1.54, 1.807) is 30.3 Å². The molecule has 1 heterocycles. The van der Waals surface area contributed by atoms with Gasteiger partial charge in [0.1, 0.15) is 24.2 Å². The van der Waals surface area contributed by atoms with Crippen molar-refractivity contribution in [2.24, 2.45) is 11.8 Å². The zero-order valence-corrected chi connectivity index (χ0v) is 25.5. The number of nitrogens with one attached hydrogen (secondary N) is 3. The SMILES string of the molecule is CC(C)(c1cccc(Cl)c1)[C@@H](OC(=O)N[C@@H](CC1CCCCC1)C(=O)N[C@H](C=O)C[C@@H]1CCNC1=O)c1cccc(F)c1. The van der Waals surface area contributed by atoms with Crippen LogP contribution < -0.4 is 16.0 Å². The van der Waals surface area contributed by atoms with E-state index in [1.165, 1.54) is 12.1 Å². The van der Waals surface area contributed by atoms with Crippen LogP contribution in [-0.2, 0) is 24.5 Å². The van der Waals surface area contributed by atoms with Gasteiger partial charge >= 0.3 is 6.09 Å². The van der Waals surface area contributed by atoms with Crippen molar-refractivity contribution in [1.82, 2.24) is 16.0 Å². The van der Waals surface area contributed by atoms with Crippen molar-refractivity contribution < 1.29 is 28.3 Å². The molecule has 0 radical (unpaired) electrons. The summed E-state index contributed by atoms with van der Waals surface area (Å²) in [6, 6.07) is 11.2. The van der Waals surface area contributed by atoms with Gasteiger partial charge < -0.3 is 25.5 Å². The lowest BCUT2D eigenvalue weighted by atomic mass is 9.76. The van der Waals surface area contributed by atoms with Crippen LogP contribution in [0.5, 0.6) is 0 Å². The van der Waals surface area contributed by atoms with E-state index < -0.39 is 41.4 Å². The smallest absolute Gasteiger partial charge is 0.408 e. The summed E-state index contributed by atoms with van der Waals surface area (Å²) in [6.07, 6.45) is 5.15. The van der Waals surface area contributed by atoms with Crippen molar-refractivity contribution in [3.63, 3.8) is 0 Å². The topological polar surface area (TPSA) is 114 Å². The van der Waals surface area contributed by atoms with E-state index in [9.17, 15) is 23.6 Å². The maximum Gasteiger partial charge on any atom is 0.408 e. The quantitative estimate of drug-likeness (QED) is 0.263. The molecule has 1 aliphatic carbocycles. The van der Waals surface area contributed by atoms with Crippen molar-refractivity contribution >= 4 is 35.8 Å². The van der Waals surface area contributed by atoms with E-state index in [1.807, 2.05) is 19.9 Å². The summed E-state index contributed by atoms with van der Waals surface area (Å²) in [5.74, 6) is -1.24. The van der Waals surface area contributed by atoms with E-state index in [4.69, 9.17) is 16.3 Å². The predicted octanol–water partition coefficient (Wildman–Crippen LogP) is 5.77. The fourth-order valence-corrected chi connectivity index (χ4v) is 6.41. The minimum Gasteiger partial charge on any atom is -0.440 e. The third kappa shape index (κ3) is 8.78. The largest absolute Gasteiger partial charge is 0.440 e. The van der Waals surface area contributed by atoms with Gasteiger partial charge in [-0.25, -0.2) is 9.18 Å². The fraction of sp³-hybridized carbons (Fsp3) is 0.515. The van der Waals surface area contributed by atoms with E-state index in [-0.39, 0.29) is 24.2 Å². The van der Waals surface area contributed by atoms with Crippen LogP contribution in [0, 0.1) is 17.7 Å². The Kier molecular flexibility index (Phi) is 11.2. The van der Waals surface area contributed by atoms with Gasteiger partial charge in [-0.05, 0) is 60.6 Å². The van der Waals surface area contributed by atoms with Gasteiger partial charge in [-0.1, -0.05) is 81.8 Å². The number of carbonyl (C=O) groups excluding carboxylic acids is 4. The highest BCUT2D eigenvalue weighted by molar-refractivity contribution is 6.30. The molecule has 10 heteroatoms. The second-order valence-corrected chi connectivity index (χ2v) is 12.7. The number of alkyl carbamates (subject to hydrolysis) is 1. The molecule has 0 aromatic heterocycles. The number of ether oxygens (including phenoxy) is 1. The molecule has 3 amide bonds. The zero-order valence-electron chi connectivity index (χ0n) is 24.7. The monoisotopic (exact) mass is 613 g/mol. The Bertz CT molecular complexity index is 1300. The maximum atomic E-state index is 14.3. The van der Waals surface area contributed by atoms with Gasteiger partial charge in [0.05, 0.1) is 6.04 Å². The highest BCUT2D eigenvalue weighted by Crippen LogP contribution is 2.40. The van der Waals surface area contributed by atoms with Gasteiger partial charge in [0.25, 0.3) is 0 Å². The molecular formula is C33H41ClFN3O5. The molecule has 2 aliphatic rings. The molecule has 0 unspecified atom stereocenters. The molecular weight excluding hydrogens is 573 g/mol. The van der Waals surface area contributed by atoms with Crippen LogP contribution in [0.25, 0.3) is 0 Å². The Hall–Kier alpha value is -3.46. The standard InChI is InChI=1S/C33H41ClFN3O5/c1-33(2,24-11-7-12-25(34)19-24)29(22-10-6-13-26(35)17-22)43-32(42)38-28(16-21-8-4-3-5-9-21)31(41)37-27(20-39)18-23-14-15-36-30(23)40/h6-7,10-13,17,19-21,23,27-29H,3-5,8-9,14-16,18H2,1-2H3,(H,36,40)(H,37,41)(H,38,42)/t23-,27-,28-,29-/m0/s1. The number of amides is 3. The molecule has 1 saturated heterocycles. The molecule has 4 rings (SSSR count). The first-order valence-electron chi connectivity index (χ1n) is 15.1. The number of aldehydes is 1. The van der Waals surface area contributed by atoms with E-state index in [2.05, 4.69) is 16.0 Å². The van der Waals surface area contributed by atoms with Crippen molar-refractivity contribution in [2.45, 2.75) is 88.8 Å². The van der Waals surface area contributed by atoms with Crippen molar-refractivity contribution in [3.8, 4) is 0 Å². The van der Waals surface area contributed by atoms with Crippen LogP contribution in [-0.4, -0.2) is 42.8 Å². The minimum absolute atomic E-state index is 0.132. The average molecular weight is 614 g/mol. The van der Waals surface area contributed by atoms with Crippen LogP contribution in [0.15, 0.2) is 48.5 Å². The first kappa shape index (κ1) is 32.5. The summed E-state index contributed by atoms with van der Waals surface area (Å²) in [7, 11) is 0. The molecule has 8 nitrogen and oxygen atoms in total. The first-order valence-corrected chi connectivity index (χ1v) is 15.5. The highest BCUT2D eigenvalue weighted by Gasteiger charge is 2.38. The van der Waals surface area contributed by atoms with Gasteiger partial charge in [-0.2, -0.15) is 0 Å². The average Bonchev–Trinajstić information content (AvgIpc) is 3.39. The Balaban J connectivity index is 1.54. The van der Waals surface area contributed by atoms with Crippen LogP contribution in [0.4, 0.5) is 9.18 Å². The Morgan fingerprint density at radius 1 is 1.07 bits per heavy atom. The van der Waals surface area contributed by atoms with E-state index in [0.717, 1.165) is 37.7 Å². The van der Waals surface area contributed by atoms with E-state index in [0.29, 0.717) is 36.3 Å². The fourth-order valence-electron chi connectivity index (χ4n) is 6.22. The number of rotatable bonds is 12. The van der Waals surface area contributed by atoms with Crippen LogP contribution in [0.2, 0.25) is 5.02 Å². The molecule has 4 atom stereocenters. The molecule has 43 heavy (non-hydrogen) atoms. The summed E-state index contributed by atoms with van der Waals surface area (Å²) in [5.41, 5.74) is 0.398. The Labute approximate surface area is 257 Å². The highest BCUT2D eigenvalue weighted by atomic mass is 35.5. The van der Waals surface area contributed by atoms with Gasteiger partial charge in [-0.3, -0.25) is 9.59 Å². The molecule has 0 bridgehead atoms. The summed E-state index contributed by atoms with van der Waals surface area (Å²) in [5, 5.41) is 8.76. The van der Waals surface area contributed by atoms with Crippen molar-refractivity contribution in [1.29, 1.82) is 0 Å². The predicted molar refractivity (Wildman–Crippen MR) is 162 cm³/mol. The normalized spacial score (nSPS) is 19.5. The third-order valence-corrected chi connectivity index (χ3v) is 8.93. The summed E-state index contributed by atoms with van der Waals surface area (Å²) >= 11 is 6.27. The summed E-state index contributed by atoms with van der Waals surface area (Å²) < 4.78 is 20.3. The molecule has 2 fully saturated rings. The van der Waals surface area contributed by atoms with Crippen molar-refractivity contribution in [2.75, 3.05) is 6.54 Å². The zero-order chi connectivity index (χ0) is 31.0. The number of hydrogen-bond acceptors (Lipinski definition) is 5. The van der Waals surface area contributed by atoms with Crippen LogP contribution in [0.3, 0.4) is 0 Å². The van der Waals surface area contributed by atoms with Crippen molar-refractivity contribution in [3.05, 3.63) is 70.5 Å². The lowest BCUT2D eigenvalue weighted by Gasteiger charge is -2.35. The second kappa shape index (κ2) is 14.8. The van der Waals surface area contributed by atoms with Crippen LogP contribution >= 0.6 is 11.6 Å². The molecule has 0 spiro atoms. The van der Waals surface area contributed by atoms with Gasteiger partial charge in [0.15, 0.2) is 0 Å². The van der Waals surface area contributed by atoms with Gasteiger partial charge in [-0.15, -0.1) is 0 Å². The Morgan fingerprint density at radius 3 is 2.47 bits per heavy atom. The molecule has 232 valence electrons. The second-order valence-electron chi connectivity index (χ2n) is 12.3. The molecule has 2 aromatic rings. The van der Waals surface area contributed by atoms with Gasteiger partial charge in [0, 0.05) is 22.9 Å². The molecule has 2 aromatic carbocycles. The van der Waals surface area contributed by atoms with Gasteiger partial charge in [0.2, 0.25) is 11.8 Å². The van der Waals surface area contributed by atoms with Crippen LogP contribution in [0.1, 0.15) is 82.4 Å². The summed E-state index contributed by atoms with van der Waals surface area (Å²) in [6.45, 7) is 4.29. The maximum absolute atomic E-state index is 14.3. The lowest BCUT2D eigenvalue weighted by Crippen LogP contribution is -2.52. The number of hydrogen-bond donors (Lipinski definition) is 3. The number of halogens is 2. The lowest BCUT2D eigenvalue weighted by molar-refractivity contribution is -0.127. The number of benzene rings is 2. The molecule has 1 aliphatic heterocycles. The number of carbonyl (C=O) groups is 4. The molecule has 1 saturated carbocycles. The minimum atomic E-state index is -0.960. The summed E-state index contributed by atoms with van der Waals surface area (Å²) in [4.78, 5) is 51.0. The van der Waals surface area contributed by atoms with E-state index >= 15 is 0 Å². The first-order chi connectivity index (χ1) is 20.6. The molecule has 3 N–H and O–H groups in total.